The highest BCUT2D eigenvalue weighted by Crippen LogP contribution is 2.28. The van der Waals surface area contributed by atoms with Crippen molar-refractivity contribution in [2.45, 2.75) is 12.8 Å². The molecule has 0 heterocycles. The summed E-state index contributed by atoms with van der Waals surface area (Å²) in [5, 5.41) is 0. The standard InChI is InChI=1S/C6H11ClO2S/c7-10(8)4-3-9-5-6-1-2-6/h6H,1-5H2. The molecule has 60 valence electrons. The molecule has 1 fully saturated rings. The zero-order chi connectivity index (χ0) is 7.40. The topological polar surface area (TPSA) is 26.3 Å². The molecule has 1 rings (SSSR count). The van der Waals surface area contributed by atoms with E-state index in [1.165, 1.54) is 12.8 Å². The van der Waals surface area contributed by atoms with Gasteiger partial charge in [0.05, 0.1) is 12.4 Å². The monoisotopic (exact) mass is 182 g/mol. The molecule has 0 amide bonds. The van der Waals surface area contributed by atoms with Crippen molar-refractivity contribution in [2.24, 2.45) is 5.92 Å². The van der Waals surface area contributed by atoms with E-state index in [1.807, 2.05) is 0 Å². The summed E-state index contributed by atoms with van der Waals surface area (Å²) in [6.45, 7) is 1.36. The lowest BCUT2D eigenvalue weighted by atomic mass is 10.5. The smallest absolute Gasteiger partial charge is 0.117 e. The van der Waals surface area contributed by atoms with Crippen molar-refractivity contribution < 1.29 is 8.95 Å². The summed E-state index contributed by atoms with van der Waals surface area (Å²) in [6, 6.07) is 0. The Kier molecular flexibility index (Phi) is 3.66. The molecule has 0 saturated heterocycles. The molecule has 10 heavy (non-hydrogen) atoms. The zero-order valence-electron chi connectivity index (χ0n) is 5.72. The average molecular weight is 183 g/mol. The molecule has 1 aliphatic carbocycles. The predicted octanol–water partition coefficient (Wildman–Crippen LogP) is 1.32. The molecule has 0 spiro atoms. The molecule has 1 unspecified atom stereocenters. The van der Waals surface area contributed by atoms with Crippen LogP contribution in [-0.2, 0) is 14.7 Å². The van der Waals surface area contributed by atoms with Crippen LogP contribution < -0.4 is 0 Å². The first-order chi connectivity index (χ1) is 4.79. The minimum atomic E-state index is -1.21. The van der Waals surface area contributed by atoms with Crippen LogP contribution in [-0.4, -0.2) is 23.2 Å². The van der Waals surface area contributed by atoms with Gasteiger partial charge in [-0.05, 0) is 29.4 Å². The first-order valence-electron chi connectivity index (χ1n) is 3.41. The maximum atomic E-state index is 10.3. The third kappa shape index (κ3) is 4.25. The zero-order valence-corrected chi connectivity index (χ0v) is 7.29. The van der Waals surface area contributed by atoms with E-state index in [9.17, 15) is 4.21 Å². The minimum absolute atomic E-state index is 0.453. The maximum absolute atomic E-state index is 10.3. The van der Waals surface area contributed by atoms with Crippen LogP contribution in [0, 0.1) is 5.92 Å². The number of hydrogen-bond donors (Lipinski definition) is 0. The van der Waals surface area contributed by atoms with Gasteiger partial charge < -0.3 is 4.74 Å². The van der Waals surface area contributed by atoms with Crippen LogP contribution in [0.3, 0.4) is 0 Å². The van der Waals surface area contributed by atoms with Crippen molar-refractivity contribution >= 4 is 20.7 Å². The second-order valence-corrected chi connectivity index (χ2v) is 4.53. The second-order valence-electron chi connectivity index (χ2n) is 2.51. The van der Waals surface area contributed by atoms with E-state index in [0.29, 0.717) is 12.4 Å². The van der Waals surface area contributed by atoms with Gasteiger partial charge in [0.1, 0.15) is 10.0 Å². The van der Waals surface area contributed by atoms with Gasteiger partial charge in [-0.3, -0.25) is 0 Å². The summed E-state index contributed by atoms with van der Waals surface area (Å²) in [6.07, 6.45) is 2.59. The highest BCUT2D eigenvalue weighted by Gasteiger charge is 2.20. The van der Waals surface area contributed by atoms with Crippen molar-refractivity contribution in [1.29, 1.82) is 0 Å². The van der Waals surface area contributed by atoms with Crippen LogP contribution in [0.5, 0.6) is 0 Å². The Bertz CT molecular complexity index is 125. The molecule has 0 bridgehead atoms. The summed E-state index contributed by atoms with van der Waals surface area (Å²) in [5.41, 5.74) is 0. The Labute approximate surface area is 67.9 Å². The molecule has 1 saturated carbocycles. The molecule has 4 heteroatoms. The molecule has 0 aliphatic heterocycles. The van der Waals surface area contributed by atoms with E-state index in [1.54, 1.807) is 0 Å². The van der Waals surface area contributed by atoms with Crippen LogP contribution in [0.2, 0.25) is 0 Å². The van der Waals surface area contributed by atoms with Gasteiger partial charge in [-0.1, -0.05) is 0 Å². The highest BCUT2D eigenvalue weighted by atomic mass is 35.7. The summed E-state index contributed by atoms with van der Waals surface area (Å²) in [5.74, 6) is 1.23. The van der Waals surface area contributed by atoms with Crippen molar-refractivity contribution in [3.63, 3.8) is 0 Å². The van der Waals surface area contributed by atoms with E-state index in [-0.39, 0.29) is 0 Å². The van der Waals surface area contributed by atoms with Gasteiger partial charge in [0.25, 0.3) is 0 Å². The fourth-order valence-electron chi connectivity index (χ4n) is 0.659. The van der Waals surface area contributed by atoms with Crippen LogP contribution in [0.25, 0.3) is 0 Å². The lowest BCUT2D eigenvalue weighted by Gasteiger charge is -1.98. The largest absolute Gasteiger partial charge is 0.380 e. The summed E-state index contributed by atoms with van der Waals surface area (Å²) >= 11 is 0. The van der Waals surface area contributed by atoms with Crippen molar-refractivity contribution in [2.75, 3.05) is 19.0 Å². The quantitative estimate of drug-likeness (QED) is 0.474. The van der Waals surface area contributed by atoms with Crippen molar-refractivity contribution in [3.05, 3.63) is 0 Å². The van der Waals surface area contributed by atoms with Gasteiger partial charge in [0.2, 0.25) is 0 Å². The first kappa shape index (κ1) is 8.50. The third-order valence-electron chi connectivity index (χ3n) is 1.44. The van der Waals surface area contributed by atoms with E-state index in [0.717, 1.165) is 12.5 Å². The minimum Gasteiger partial charge on any atom is -0.380 e. The van der Waals surface area contributed by atoms with Crippen molar-refractivity contribution in [3.8, 4) is 0 Å². The predicted molar refractivity (Wildman–Crippen MR) is 42.4 cm³/mol. The lowest BCUT2D eigenvalue weighted by Crippen LogP contribution is -2.04. The Balaban J connectivity index is 1.80. The van der Waals surface area contributed by atoms with Gasteiger partial charge in [-0.25, -0.2) is 4.21 Å². The molecule has 0 aromatic heterocycles. The van der Waals surface area contributed by atoms with Crippen LogP contribution in [0.4, 0.5) is 0 Å². The third-order valence-corrected chi connectivity index (χ3v) is 2.39. The summed E-state index contributed by atoms with van der Waals surface area (Å²) < 4.78 is 15.5. The van der Waals surface area contributed by atoms with Gasteiger partial charge in [0.15, 0.2) is 0 Å². The van der Waals surface area contributed by atoms with E-state index in [2.05, 4.69) is 0 Å². The Hall–Kier alpha value is 0.400. The lowest BCUT2D eigenvalue weighted by molar-refractivity contribution is 0.139. The normalized spacial score (nSPS) is 20.9. The van der Waals surface area contributed by atoms with E-state index < -0.39 is 10.0 Å². The molecule has 0 radical (unpaired) electrons. The maximum Gasteiger partial charge on any atom is 0.117 e. The van der Waals surface area contributed by atoms with E-state index >= 15 is 0 Å². The SMILES string of the molecule is O=S(Cl)CCOCC1CC1. The fourth-order valence-corrected chi connectivity index (χ4v) is 1.10. The van der Waals surface area contributed by atoms with Crippen LogP contribution in [0.1, 0.15) is 12.8 Å². The molecular weight excluding hydrogens is 172 g/mol. The molecule has 0 aromatic rings. The molecule has 0 aromatic carbocycles. The summed E-state index contributed by atoms with van der Waals surface area (Å²) in [4.78, 5) is 0. The molecular formula is C6H11ClO2S. The Morgan fingerprint density at radius 1 is 1.60 bits per heavy atom. The van der Waals surface area contributed by atoms with Gasteiger partial charge >= 0.3 is 0 Å². The van der Waals surface area contributed by atoms with Crippen LogP contribution in [0.15, 0.2) is 0 Å². The van der Waals surface area contributed by atoms with Crippen LogP contribution >= 0.6 is 10.7 Å². The molecule has 1 atom stereocenters. The second kappa shape index (κ2) is 4.31. The first-order valence-corrected chi connectivity index (χ1v) is 5.56. The van der Waals surface area contributed by atoms with Gasteiger partial charge in [0, 0.05) is 6.61 Å². The number of hydrogen-bond acceptors (Lipinski definition) is 2. The fraction of sp³-hybridized carbons (Fsp3) is 1.00. The number of rotatable bonds is 5. The summed E-state index contributed by atoms with van der Waals surface area (Å²) in [7, 11) is 3.99. The highest BCUT2D eigenvalue weighted by molar-refractivity contribution is 8.08. The average Bonchev–Trinajstić information content (AvgIpc) is 2.62. The van der Waals surface area contributed by atoms with E-state index in [4.69, 9.17) is 15.4 Å². The molecule has 1 aliphatic rings. The molecule has 2 nitrogen and oxygen atoms in total. The number of ether oxygens (including phenoxy) is 1. The van der Waals surface area contributed by atoms with Gasteiger partial charge in [-0.15, -0.1) is 0 Å². The number of halogens is 1. The Morgan fingerprint density at radius 3 is 2.80 bits per heavy atom. The van der Waals surface area contributed by atoms with Gasteiger partial charge in [-0.2, -0.15) is 0 Å². The van der Waals surface area contributed by atoms with Crippen molar-refractivity contribution in [1.82, 2.24) is 0 Å². The molecule has 0 N–H and O–H groups in total. The Morgan fingerprint density at radius 2 is 2.30 bits per heavy atom.